The summed E-state index contributed by atoms with van der Waals surface area (Å²) in [5.74, 6) is 0. The fourth-order valence-corrected chi connectivity index (χ4v) is 1.70. The number of nitrogens with zero attached hydrogens (tertiary/aromatic N) is 1. The number of nitrogen functional groups attached to an aromatic ring is 1. The number of benzene rings is 2. The van der Waals surface area contributed by atoms with Gasteiger partial charge in [0.05, 0.1) is 4.92 Å². The van der Waals surface area contributed by atoms with Gasteiger partial charge in [-0.15, -0.1) is 0 Å². The van der Waals surface area contributed by atoms with Crippen LogP contribution in [0, 0.1) is 17.0 Å². The van der Waals surface area contributed by atoms with E-state index < -0.39 is 0 Å². The van der Waals surface area contributed by atoms with Crippen molar-refractivity contribution in [3.8, 4) is 11.1 Å². The molecule has 4 heteroatoms. The lowest BCUT2D eigenvalue weighted by Gasteiger charge is -2.06. The molecule has 4 nitrogen and oxygen atoms in total. The molecule has 2 aromatic carbocycles. The third-order valence-corrected chi connectivity index (χ3v) is 2.65. The molecule has 2 rings (SSSR count). The van der Waals surface area contributed by atoms with Gasteiger partial charge in [0, 0.05) is 17.8 Å². The van der Waals surface area contributed by atoms with E-state index >= 15 is 0 Å². The van der Waals surface area contributed by atoms with Gasteiger partial charge in [0.1, 0.15) is 0 Å². The highest BCUT2D eigenvalue weighted by molar-refractivity contribution is 5.71. The number of hydrogen-bond donors (Lipinski definition) is 1. The second-order valence-electron chi connectivity index (χ2n) is 3.88. The molecule has 0 aromatic heterocycles. The van der Waals surface area contributed by atoms with Crippen LogP contribution in [0.15, 0.2) is 42.5 Å². The van der Waals surface area contributed by atoms with Gasteiger partial charge in [-0.05, 0) is 35.7 Å². The van der Waals surface area contributed by atoms with Crippen molar-refractivity contribution in [1.29, 1.82) is 0 Å². The summed E-state index contributed by atoms with van der Waals surface area (Å²) in [7, 11) is 0. The Labute approximate surface area is 98.8 Å². The summed E-state index contributed by atoms with van der Waals surface area (Å²) in [4.78, 5) is 10.3. The molecule has 0 bridgehead atoms. The van der Waals surface area contributed by atoms with Crippen LogP contribution in [0.2, 0.25) is 0 Å². The Kier molecular flexibility index (Phi) is 2.78. The van der Waals surface area contributed by atoms with Gasteiger partial charge in [-0.1, -0.05) is 18.2 Å². The van der Waals surface area contributed by atoms with Crippen molar-refractivity contribution in [1.82, 2.24) is 0 Å². The first-order valence-corrected chi connectivity index (χ1v) is 5.19. The summed E-state index contributed by atoms with van der Waals surface area (Å²) >= 11 is 0. The summed E-state index contributed by atoms with van der Waals surface area (Å²) < 4.78 is 0. The molecular weight excluding hydrogens is 216 g/mol. The third-order valence-electron chi connectivity index (χ3n) is 2.65. The predicted molar refractivity (Wildman–Crippen MR) is 67.7 cm³/mol. The molecule has 17 heavy (non-hydrogen) atoms. The summed E-state index contributed by atoms with van der Waals surface area (Å²) in [6, 6.07) is 12.1. The molecule has 0 saturated heterocycles. The fraction of sp³-hybridized carbons (Fsp3) is 0.0769. The van der Waals surface area contributed by atoms with E-state index in [1.807, 2.05) is 19.1 Å². The minimum absolute atomic E-state index is 0.0995. The van der Waals surface area contributed by atoms with Crippen LogP contribution >= 0.6 is 0 Å². The van der Waals surface area contributed by atoms with E-state index in [2.05, 4.69) is 0 Å². The predicted octanol–water partition coefficient (Wildman–Crippen LogP) is 3.15. The van der Waals surface area contributed by atoms with Gasteiger partial charge in [-0.3, -0.25) is 10.1 Å². The number of aryl methyl sites for hydroxylation is 1. The van der Waals surface area contributed by atoms with Crippen molar-refractivity contribution in [2.45, 2.75) is 6.92 Å². The number of nitro benzene ring substituents is 1. The topological polar surface area (TPSA) is 69.2 Å². The molecule has 0 spiro atoms. The molecule has 0 amide bonds. The van der Waals surface area contributed by atoms with Gasteiger partial charge in [0.25, 0.3) is 5.69 Å². The van der Waals surface area contributed by atoms with E-state index in [4.69, 9.17) is 5.73 Å². The quantitative estimate of drug-likeness (QED) is 0.487. The largest absolute Gasteiger partial charge is 0.399 e. The lowest BCUT2D eigenvalue weighted by atomic mass is 10.00. The van der Waals surface area contributed by atoms with Crippen molar-refractivity contribution in [2.24, 2.45) is 0 Å². The maximum absolute atomic E-state index is 10.7. The van der Waals surface area contributed by atoms with Crippen LogP contribution in [0.4, 0.5) is 11.4 Å². The minimum Gasteiger partial charge on any atom is -0.399 e. The fourth-order valence-electron chi connectivity index (χ4n) is 1.70. The maximum atomic E-state index is 10.7. The maximum Gasteiger partial charge on any atom is 0.270 e. The van der Waals surface area contributed by atoms with Crippen LogP contribution in [0.1, 0.15) is 5.56 Å². The SMILES string of the molecule is Cc1ccc([N+](=O)[O-])cc1-c1ccc(N)cc1. The Bertz CT molecular complexity index is 562. The highest BCUT2D eigenvalue weighted by atomic mass is 16.6. The normalized spacial score (nSPS) is 10.2. The number of nitrogens with two attached hydrogens (primary N) is 1. The van der Waals surface area contributed by atoms with Gasteiger partial charge in [0.2, 0.25) is 0 Å². The zero-order valence-electron chi connectivity index (χ0n) is 9.38. The average molecular weight is 228 g/mol. The van der Waals surface area contributed by atoms with Crippen molar-refractivity contribution in [3.05, 3.63) is 58.1 Å². The Morgan fingerprint density at radius 3 is 2.35 bits per heavy atom. The van der Waals surface area contributed by atoms with E-state index in [-0.39, 0.29) is 10.6 Å². The van der Waals surface area contributed by atoms with Crippen molar-refractivity contribution in [2.75, 3.05) is 5.73 Å². The van der Waals surface area contributed by atoms with Gasteiger partial charge in [-0.2, -0.15) is 0 Å². The first kappa shape index (κ1) is 11.1. The van der Waals surface area contributed by atoms with Crippen molar-refractivity contribution >= 4 is 11.4 Å². The van der Waals surface area contributed by atoms with Crippen LogP contribution in [-0.2, 0) is 0 Å². The molecule has 0 radical (unpaired) electrons. The highest BCUT2D eigenvalue weighted by Gasteiger charge is 2.09. The smallest absolute Gasteiger partial charge is 0.270 e. The van der Waals surface area contributed by atoms with E-state index in [0.717, 1.165) is 16.7 Å². The molecule has 0 saturated carbocycles. The summed E-state index contributed by atoms with van der Waals surface area (Å²) in [6.45, 7) is 1.93. The van der Waals surface area contributed by atoms with Crippen LogP contribution < -0.4 is 5.73 Å². The molecule has 0 aliphatic carbocycles. The van der Waals surface area contributed by atoms with Crippen LogP contribution in [0.3, 0.4) is 0 Å². The lowest BCUT2D eigenvalue weighted by Crippen LogP contribution is -1.91. The number of nitro groups is 1. The molecule has 2 aromatic rings. The lowest BCUT2D eigenvalue weighted by molar-refractivity contribution is -0.384. The van der Waals surface area contributed by atoms with E-state index in [1.165, 1.54) is 6.07 Å². The van der Waals surface area contributed by atoms with Crippen LogP contribution in [-0.4, -0.2) is 4.92 Å². The summed E-state index contributed by atoms with van der Waals surface area (Å²) in [6.07, 6.45) is 0. The number of non-ortho nitro benzene ring substituents is 1. The van der Waals surface area contributed by atoms with E-state index in [0.29, 0.717) is 5.69 Å². The number of hydrogen-bond acceptors (Lipinski definition) is 3. The van der Waals surface area contributed by atoms with Crippen molar-refractivity contribution < 1.29 is 4.92 Å². The Morgan fingerprint density at radius 2 is 1.76 bits per heavy atom. The molecule has 0 aliphatic rings. The standard InChI is InChI=1S/C13H12N2O2/c1-9-2-7-12(15(16)17)8-13(9)10-3-5-11(14)6-4-10/h2-8H,14H2,1H3. The van der Waals surface area contributed by atoms with Crippen LogP contribution in [0.5, 0.6) is 0 Å². The van der Waals surface area contributed by atoms with Crippen molar-refractivity contribution in [3.63, 3.8) is 0 Å². The molecule has 2 N–H and O–H groups in total. The average Bonchev–Trinajstić information content (AvgIpc) is 2.31. The molecule has 0 fully saturated rings. The zero-order valence-corrected chi connectivity index (χ0v) is 9.38. The van der Waals surface area contributed by atoms with Crippen LogP contribution in [0.25, 0.3) is 11.1 Å². The Hall–Kier alpha value is -2.36. The number of rotatable bonds is 2. The summed E-state index contributed by atoms with van der Waals surface area (Å²) in [5.41, 5.74) is 9.18. The van der Waals surface area contributed by atoms with Gasteiger partial charge >= 0.3 is 0 Å². The highest BCUT2D eigenvalue weighted by Crippen LogP contribution is 2.27. The van der Waals surface area contributed by atoms with Gasteiger partial charge < -0.3 is 5.73 Å². The minimum atomic E-state index is -0.389. The number of anilines is 1. The molecule has 0 unspecified atom stereocenters. The van der Waals surface area contributed by atoms with E-state index in [9.17, 15) is 10.1 Å². The zero-order chi connectivity index (χ0) is 12.4. The first-order valence-electron chi connectivity index (χ1n) is 5.19. The second-order valence-corrected chi connectivity index (χ2v) is 3.88. The Balaban J connectivity index is 2.54. The molecule has 86 valence electrons. The molecular formula is C13H12N2O2. The van der Waals surface area contributed by atoms with Gasteiger partial charge in [0.15, 0.2) is 0 Å². The first-order chi connectivity index (χ1) is 8.08. The monoisotopic (exact) mass is 228 g/mol. The van der Waals surface area contributed by atoms with E-state index in [1.54, 1.807) is 24.3 Å². The molecule has 0 heterocycles. The third kappa shape index (κ3) is 2.25. The Morgan fingerprint density at radius 1 is 1.12 bits per heavy atom. The van der Waals surface area contributed by atoms with Gasteiger partial charge in [-0.25, -0.2) is 0 Å². The molecule has 0 aliphatic heterocycles. The molecule has 0 atom stereocenters. The second kappa shape index (κ2) is 4.25. The summed E-state index contributed by atoms with van der Waals surface area (Å²) in [5, 5.41) is 10.7.